The van der Waals surface area contributed by atoms with Gasteiger partial charge in [0.1, 0.15) is 18.2 Å². The van der Waals surface area contributed by atoms with Gasteiger partial charge in [0.15, 0.2) is 5.65 Å². The third kappa shape index (κ3) is 2.58. The third-order valence-electron chi connectivity index (χ3n) is 4.99. The van der Waals surface area contributed by atoms with Gasteiger partial charge in [-0.3, -0.25) is 4.79 Å². The van der Waals surface area contributed by atoms with E-state index in [9.17, 15) is 4.79 Å². The van der Waals surface area contributed by atoms with E-state index in [0.717, 1.165) is 48.6 Å². The first-order chi connectivity index (χ1) is 11.6. The van der Waals surface area contributed by atoms with E-state index < -0.39 is 0 Å². The minimum atomic E-state index is -0.213. The highest BCUT2D eigenvalue weighted by Crippen LogP contribution is 2.33. The number of aromatic nitrogens is 3. The Hall–Kier alpha value is -2.28. The number of pyridine rings is 1. The van der Waals surface area contributed by atoms with Crippen molar-refractivity contribution < 1.29 is 9.53 Å². The lowest BCUT2D eigenvalue weighted by Gasteiger charge is -2.46. The molecule has 0 aromatic carbocycles. The number of hydrogen-bond acceptors (Lipinski definition) is 6. The molecule has 0 N–H and O–H groups in total. The van der Waals surface area contributed by atoms with Crippen LogP contribution < -0.4 is 4.90 Å². The monoisotopic (exact) mass is 327 g/mol. The number of morpholine rings is 1. The van der Waals surface area contributed by atoms with Gasteiger partial charge in [0.2, 0.25) is 5.91 Å². The molecule has 2 fully saturated rings. The molecule has 126 valence electrons. The zero-order chi connectivity index (χ0) is 16.7. The summed E-state index contributed by atoms with van der Waals surface area (Å²) < 4.78 is 5.92. The van der Waals surface area contributed by atoms with Crippen LogP contribution >= 0.6 is 0 Å². The van der Waals surface area contributed by atoms with Crippen molar-refractivity contribution in [3.05, 3.63) is 24.2 Å². The number of anilines is 1. The first-order valence-electron chi connectivity index (χ1n) is 8.29. The van der Waals surface area contributed by atoms with Gasteiger partial charge in [0.25, 0.3) is 0 Å². The number of nitrogens with zero attached hydrogens (tertiary/aromatic N) is 5. The van der Waals surface area contributed by atoms with E-state index >= 15 is 0 Å². The van der Waals surface area contributed by atoms with Gasteiger partial charge in [-0.2, -0.15) is 0 Å². The summed E-state index contributed by atoms with van der Waals surface area (Å²) in [6.45, 7) is 4.46. The van der Waals surface area contributed by atoms with Gasteiger partial charge in [-0.25, -0.2) is 15.0 Å². The number of likely N-dealkylation sites (N-methyl/N-ethyl adjacent to an activating group) is 1. The van der Waals surface area contributed by atoms with Crippen LogP contribution in [0.4, 0.5) is 5.82 Å². The molecule has 0 bridgehead atoms. The number of amides is 1. The Labute approximate surface area is 140 Å². The van der Waals surface area contributed by atoms with Crippen molar-refractivity contribution in [1.29, 1.82) is 0 Å². The molecule has 4 rings (SSSR count). The Morgan fingerprint density at radius 3 is 2.79 bits per heavy atom. The lowest BCUT2D eigenvalue weighted by Crippen LogP contribution is -2.57. The van der Waals surface area contributed by atoms with Gasteiger partial charge in [-0.1, -0.05) is 0 Å². The van der Waals surface area contributed by atoms with Crippen molar-refractivity contribution in [1.82, 2.24) is 19.9 Å². The molecule has 2 aliphatic heterocycles. The second kappa shape index (κ2) is 5.66. The number of fused-ring (bicyclic) bond motifs is 1. The zero-order valence-corrected chi connectivity index (χ0v) is 14.0. The molecule has 1 spiro atoms. The number of hydrogen-bond donors (Lipinski definition) is 0. The first kappa shape index (κ1) is 15.3. The molecule has 2 aliphatic rings. The van der Waals surface area contributed by atoms with E-state index in [4.69, 9.17) is 4.74 Å². The highest BCUT2D eigenvalue weighted by molar-refractivity contribution is 5.86. The van der Waals surface area contributed by atoms with Crippen LogP contribution in [0, 0.1) is 6.92 Å². The molecule has 0 radical (unpaired) electrons. The summed E-state index contributed by atoms with van der Waals surface area (Å²) in [7, 11) is 1.85. The summed E-state index contributed by atoms with van der Waals surface area (Å²) in [4.78, 5) is 29.1. The fourth-order valence-corrected chi connectivity index (χ4v) is 3.61. The highest BCUT2D eigenvalue weighted by atomic mass is 16.5. The van der Waals surface area contributed by atoms with E-state index in [1.807, 2.05) is 26.1 Å². The van der Waals surface area contributed by atoms with E-state index in [2.05, 4.69) is 19.9 Å². The third-order valence-corrected chi connectivity index (χ3v) is 4.99. The molecule has 24 heavy (non-hydrogen) atoms. The molecular weight excluding hydrogens is 306 g/mol. The Kier molecular flexibility index (Phi) is 3.60. The second-order valence-corrected chi connectivity index (χ2v) is 6.68. The maximum atomic E-state index is 11.7. The van der Waals surface area contributed by atoms with Crippen molar-refractivity contribution in [3.8, 4) is 0 Å². The second-order valence-electron chi connectivity index (χ2n) is 6.68. The molecule has 4 heterocycles. The molecule has 0 aliphatic carbocycles. The molecule has 0 atom stereocenters. The van der Waals surface area contributed by atoms with Gasteiger partial charge in [0.05, 0.1) is 11.0 Å². The van der Waals surface area contributed by atoms with Crippen molar-refractivity contribution in [3.63, 3.8) is 0 Å². The predicted octanol–water partition coefficient (Wildman–Crippen LogP) is 1.16. The molecule has 1 amide bonds. The Balaban J connectivity index is 1.57. The quantitative estimate of drug-likeness (QED) is 0.783. The standard InChI is InChI=1S/C17H21N5O2/c1-12-19-15-13(4-3-7-18-15)16(20-12)22-8-5-17(6-9-22)11-21(2)14(23)10-24-17/h3-4,7H,5-6,8-11H2,1-2H3. The maximum absolute atomic E-state index is 11.7. The summed E-state index contributed by atoms with van der Waals surface area (Å²) in [6, 6.07) is 3.94. The average molecular weight is 327 g/mol. The molecular formula is C17H21N5O2. The molecule has 2 saturated heterocycles. The van der Waals surface area contributed by atoms with Gasteiger partial charge in [-0.05, 0) is 31.9 Å². The van der Waals surface area contributed by atoms with E-state index in [1.165, 1.54) is 0 Å². The van der Waals surface area contributed by atoms with Crippen LogP contribution in [-0.4, -0.2) is 64.6 Å². The Morgan fingerprint density at radius 1 is 1.25 bits per heavy atom. The van der Waals surface area contributed by atoms with Crippen molar-refractivity contribution in [2.75, 3.05) is 38.2 Å². The lowest BCUT2D eigenvalue weighted by molar-refractivity contribution is -0.164. The van der Waals surface area contributed by atoms with Gasteiger partial charge in [-0.15, -0.1) is 0 Å². The van der Waals surface area contributed by atoms with Gasteiger partial charge in [0, 0.05) is 32.9 Å². The van der Waals surface area contributed by atoms with Crippen molar-refractivity contribution in [2.45, 2.75) is 25.4 Å². The largest absolute Gasteiger partial charge is 0.363 e. The van der Waals surface area contributed by atoms with Crippen LogP contribution in [0.25, 0.3) is 11.0 Å². The van der Waals surface area contributed by atoms with Crippen LogP contribution in [-0.2, 0) is 9.53 Å². The molecule has 7 heteroatoms. The van der Waals surface area contributed by atoms with E-state index in [0.29, 0.717) is 6.54 Å². The number of rotatable bonds is 1. The van der Waals surface area contributed by atoms with E-state index in [1.54, 1.807) is 11.1 Å². The number of carbonyl (C=O) groups is 1. The summed E-state index contributed by atoms with van der Waals surface area (Å²) in [5.74, 6) is 1.74. The first-order valence-corrected chi connectivity index (χ1v) is 8.29. The molecule has 0 unspecified atom stereocenters. The fraction of sp³-hybridized carbons (Fsp3) is 0.529. The summed E-state index contributed by atoms with van der Waals surface area (Å²) >= 11 is 0. The predicted molar refractivity (Wildman–Crippen MR) is 89.8 cm³/mol. The summed E-state index contributed by atoms with van der Waals surface area (Å²) in [5.41, 5.74) is 0.523. The molecule has 2 aromatic heterocycles. The fourth-order valence-electron chi connectivity index (χ4n) is 3.61. The summed E-state index contributed by atoms with van der Waals surface area (Å²) in [5, 5.41) is 0.982. The minimum absolute atomic E-state index is 0.0616. The normalized spacial score (nSPS) is 20.8. The van der Waals surface area contributed by atoms with Crippen LogP contribution in [0.1, 0.15) is 18.7 Å². The van der Waals surface area contributed by atoms with Gasteiger partial charge >= 0.3 is 0 Å². The number of ether oxygens (including phenoxy) is 1. The molecule has 7 nitrogen and oxygen atoms in total. The maximum Gasteiger partial charge on any atom is 0.248 e. The highest BCUT2D eigenvalue weighted by Gasteiger charge is 2.41. The molecule has 0 saturated carbocycles. The zero-order valence-electron chi connectivity index (χ0n) is 14.0. The van der Waals surface area contributed by atoms with Crippen LogP contribution in [0.5, 0.6) is 0 Å². The number of carbonyl (C=O) groups excluding carboxylic acids is 1. The number of aryl methyl sites for hydroxylation is 1. The molecule has 2 aromatic rings. The Bertz CT molecular complexity index is 786. The van der Waals surface area contributed by atoms with Crippen LogP contribution in [0.3, 0.4) is 0 Å². The van der Waals surface area contributed by atoms with Crippen molar-refractivity contribution >= 4 is 22.8 Å². The van der Waals surface area contributed by atoms with Crippen molar-refractivity contribution in [2.24, 2.45) is 0 Å². The van der Waals surface area contributed by atoms with Crippen LogP contribution in [0.15, 0.2) is 18.3 Å². The average Bonchev–Trinajstić information content (AvgIpc) is 2.59. The minimum Gasteiger partial charge on any atom is -0.363 e. The Morgan fingerprint density at radius 2 is 2.04 bits per heavy atom. The number of piperidine rings is 1. The topological polar surface area (TPSA) is 71.5 Å². The van der Waals surface area contributed by atoms with Crippen LogP contribution in [0.2, 0.25) is 0 Å². The van der Waals surface area contributed by atoms with E-state index in [-0.39, 0.29) is 18.1 Å². The van der Waals surface area contributed by atoms with Gasteiger partial charge < -0.3 is 14.5 Å². The summed E-state index contributed by atoms with van der Waals surface area (Å²) in [6.07, 6.45) is 3.53. The SMILES string of the molecule is Cc1nc(N2CCC3(CC2)CN(C)C(=O)CO3)c2cccnc2n1. The lowest BCUT2D eigenvalue weighted by atomic mass is 9.89. The smallest absolute Gasteiger partial charge is 0.248 e.